The average Bonchev–Trinajstić information content (AvgIpc) is 3.05. The summed E-state index contributed by atoms with van der Waals surface area (Å²) >= 11 is 6.18. The van der Waals surface area contributed by atoms with Crippen LogP contribution in [0.25, 0.3) is 11.2 Å². The third-order valence-electron chi connectivity index (χ3n) is 5.94. The highest BCUT2D eigenvalue weighted by Crippen LogP contribution is 2.22. The zero-order chi connectivity index (χ0) is 20.7. The molecule has 154 valence electrons. The number of halogens is 1. The molecule has 0 aliphatic carbocycles. The first-order valence-electron chi connectivity index (χ1n) is 10.0. The molecule has 3 aromatic rings. The van der Waals surface area contributed by atoms with Gasteiger partial charge in [-0.2, -0.15) is 0 Å². The fourth-order valence-corrected chi connectivity index (χ4v) is 4.39. The van der Waals surface area contributed by atoms with Crippen LogP contribution in [0, 0.1) is 0 Å². The fourth-order valence-electron chi connectivity index (χ4n) is 4.17. The van der Waals surface area contributed by atoms with E-state index in [0.29, 0.717) is 35.3 Å². The SMILES string of the molecule is CC1CCCCN1Cc1nc2c(c(=O)n(C)c(=O)n2C)n1Cc1cccc(Cl)c1. The monoisotopic (exact) mass is 415 g/mol. The molecule has 2 aromatic heterocycles. The quantitative estimate of drug-likeness (QED) is 0.656. The number of piperidine rings is 1. The lowest BCUT2D eigenvalue weighted by Gasteiger charge is -2.33. The van der Waals surface area contributed by atoms with Crippen molar-refractivity contribution in [3.05, 3.63) is 61.5 Å². The van der Waals surface area contributed by atoms with Gasteiger partial charge in [-0.3, -0.25) is 18.8 Å². The van der Waals surface area contributed by atoms with Crippen LogP contribution in [0.2, 0.25) is 5.02 Å². The van der Waals surface area contributed by atoms with Gasteiger partial charge < -0.3 is 4.57 Å². The number of aromatic nitrogens is 4. The summed E-state index contributed by atoms with van der Waals surface area (Å²) in [6.45, 7) is 4.37. The van der Waals surface area contributed by atoms with E-state index in [-0.39, 0.29) is 11.2 Å². The molecule has 7 nitrogen and oxygen atoms in total. The molecule has 8 heteroatoms. The molecule has 3 heterocycles. The number of likely N-dealkylation sites (tertiary alicyclic amines) is 1. The average molecular weight is 416 g/mol. The lowest BCUT2D eigenvalue weighted by atomic mass is 10.0. The molecule has 0 spiro atoms. The van der Waals surface area contributed by atoms with E-state index in [1.807, 2.05) is 28.8 Å². The molecule has 1 aliphatic heterocycles. The molecule has 4 rings (SSSR count). The second-order valence-corrected chi connectivity index (χ2v) is 8.37. The van der Waals surface area contributed by atoms with Crippen LogP contribution in [0.5, 0.6) is 0 Å². The smallest absolute Gasteiger partial charge is 0.317 e. The van der Waals surface area contributed by atoms with E-state index in [1.54, 1.807) is 7.05 Å². The Morgan fingerprint density at radius 3 is 2.66 bits per heavy atom. The number of imidazole rings is 1. The molecule has 1 unspecified atom stereocenters. The van der Waals surface area contributed by atoms with Crippen LogP contribution < -0.4 is 11.2 Å². The molecule has 1 atom stereocenters. The highest BCUT2D eigenvalue weighted by molar-refractivity contribution is 6.30. The van der Waals surface area contributed by atoms with Gasteiger partial charge in [0.25, 0.3) is 5.56 Å². The molecule has 29 heavy (non-hydrogen) atoms. The molecule has 0 N–H and O–H groups in total. The number of rotatable bonds is 4. The van der Waals surface area contributed by atoms with Crippen LogP contribution >= 0.6 is 11.6 Å². The first kappa shape index (κ1) is 19.9. The van der Waals surface area contributed by atoms with Gasteiger partial charge in [0.1, 0.15) is 5.82 Å². The normalized spacial score (nSPS) is 17.9. The Labute approximate surface area is 174 Å². The molecule has 1 aliphatic rings. The molecule has 1 fully saturated rings. The predicted octanol–water partition coefficient (Wildman–Crippen LogP) is 2.51. The fraction of sp³-hybridized carbons (Fsp3) is 0.476. The lowest BCUT2D eigenvalue weighted by Crippen LogP contribution is -2.38. The zero-order valence-corrected chi connectivity index (χ0v) is 17.8. The van der Waals surface area contributed by atoms with E-state index in [0.717, 1.165) is 28.9 Å². The summed E-state index contributed by atoms with van der Waals surface area (Å²) < 4.78 is 4.55. The van der Waals surface area contributed by atoms with Crippen LogP contribution in [0.4, 0.5) is 0 Å². The summed E-state index contributed by atoms with van der Waals surface area (Å²) in [5.74, 6) is 0.798. The second kappa shape index (κ2) is 7.80. The molecule has 1 saturated heterocycles. The van der Waals surface area contributed by atoms with Crippen molar-refractivity contribution in [1.29, 1.82) is 0 Å². The van der Waals surface area contributed by atoms with Crippen molar-refractivity contribution in [2.75, 3.05) is 6.54 Å². The Balaban J connectivity index is 1.89. The van der Waals surface area contributed by atoms with Gasteiger partial charge in [-0.1, -0.05) is 30.2 Å². The van der Waals surface area contributed by atoms with Gasteiger partial charge in [-0.25, -0.2) is 9.78 Å². The van der Waals surface area contributed by atoms with Crippen LogP contribution in [-0.2, 0) is 27.2 Å². The van der Waals surface area contributed by atoms with E-state index in [1.165, 1.54) is 24.5 Å². The highest BCUT2D eigenvalue weighted by atomic mass is 35.5. The van der Waals surface area contributed by atoms with E-state index in [2.05, 4.69) is 11.8 Å². The topological polar surface area (TPSA) is 65.1 Å². The summed E-state index contributed by atoms with van der Waals surface area (Å²) in [5.41, 5.74) is 1.18. The number of nitrogens with zero attached hydrogens (tertiary/aromatic N) is 5. The van der Waals surface area contributed by atoms with Gasteiger partial charge in [0.15, 0.2) is 11.2 Å². The summed E-state index contributed by atoms with van der Waals surface area (Å²) in [4.78, 5) is 32.6. The zero-order valence-electron chi connectivity index (χ0n) is 17.1. The minimum Gasteiger partial charge on any atom is -0.317 e. The number of benzene rings is 1. The molecule has 0 radical (unpaired) electrons. The van der Waals surface area contributed by atoms with Crippen molar-refractivity contribution in [2.24, 2.45) is 14.1 Å². The number of hydrogen-bond donors (Lipinski definition) is 0. The van der Waals surface area contributed by atoms with E-state index in [4.69, 9.17) is 16.6 Å². The van der Waals surface area contributed by atoms with Crippen molar-refractivity contribution >= 4 is 22.8 Å². The third-order valence-corrected chi connectivity index (χ3v) is 6.18. The molecule has 0 bridgehead atoms. The van der Waals surface area contributed by atoms with Crippen LogP contribution in [-0.4, -0.2) is 36.2 Å². The summed E-state index contributed by atoms with van der Waals surface area (Å²) in [5, 5.41) is 0.651. The molecular formula is C21H26ClN5O2. The predicted molar refractivity (Wildman–Crippen MR) is 114 cm³/mol. The Morgan fingerprint density at radius 2 is 1.93 bits per heavy atom. The van der Waals surface area contributed by atoms with E-state index in [9.17, 15) is 9.59 Å². The largest absolute Gasteiger partial charge is 0.332 e. The highest BCUT2D eigenvalue weighted by Gasteiger charge is 2.24. The van der Waals surface area contributed by atoms with Crippen molar-refractivity contribution in [2.45, 2.75) is 45.3 Å². The maximum absolute atomic E-state index is 13.0. The van der Waals surface area contributed by atoms with Crippen molar-refractivity contribution in [3.63, 3.8) is 0 Å². The number of fused-ring (bicyclic) bond motifs is 1. The molecule has 0 saturated carbocycles. The van der Waals surface area contributed by atoms with Gasteiger partial charge in [-0.05, 0) is 44.0 Å². The van der Waals surface area contributed by atoms with Gasteiger partial charge in [0.2, 0.25) is 0 Å². The Bertz CT molecular complexity index is 1180. The van der Waals surface area contributed by atoms with Crippen LogP contribution in [0.1, 0.15) is 37.6 Å². The molecule has 0 amide bonds. The molecule has 1 aromatic carbocycles. The molecular weight excluding hydrogens is 390 g/mol. The summed E-state index contributed by atoms with van der Waals surface area (Å²) in [6.07, 6.45) is 3.57. The van der Waals surface area contributed by atoms with Crippen molar-refractivity contribution in [1.82, 2.24) is 23.6 Å². The maximum Gasteiger partial charge on any atom is 0.332 e. The van der Waals surface area contributed by atoms with Crippen molar-refractivity contribution in [3.8, 4) is 0 Å². The van der Waals surface area contributed by atoms with Gasteiger partial charge in [0.05, 0.1) is 6.54 Å². The minimum atomic E-state index is -0.368. The van der Waals surface area contributed by atoms with Crippen LogP contribution in [0.15, 0.2) is 33.9 Å². The number of hydrogen-bond acceptors (Lipinski definition) is 4. The minimum absolute atomic E-state index is 0.324. The van der Waals surface area contributed by atoms with E-state index >= 15 is 0 Å². The third kappa shape index (κ3) is 3.65. The Kier molecular flexibility index (Phi) is 5.36. The van der Waals surface area contributed by atoms with Gasteiger partial charge in [-0.15, -0.1) is 0 Å². The first-order valence-corrected chi connectivity index (χ1v) is 10.4. The summed E-state index contributed by atoms with van der Waals surface area (Å²) in [6, 6.07) is 8.08. The first-order chi connectivity index (χ1) is 13.9. The van der Waals surface area contributed by atoms with Crippen LogP contribution in [0.3, 0.4) is 0 Å². The summed E-state index contributed by atoms with van der Waals surface area (Å²) in [7, 11) is 3.17. The van der Waals surface area contributed by atoms with Gasteiger partial charge in [0, 0.05) is 31.7 Å². The number of aryl methyl sites for hydroxylation is 1. The second-order valence-electron chi connectivity index (χ2n) is 7.94. The standard InChI is InChI=1S/C21H26ClN5O2/c1-14-7-4-5-10-26(14)13-17-23-19-18(20(28)25(3)21(29)24(19)2)27(17)12-15-8-6-9-16(22)11-15/h6,8-9,11,14H,4-5,7,10,12-13H2,1-3H3. The maximum atomic E-state index is 13.0. The Hall–Kier alpha value is -2.38. The van der Waals surface area contributed by atoms with E-state index < -0.39 is 0 Å². The lowest BCUT2D eigenvalue weighted by molar-refractivity contribution is 0.147. The Morgan fingerprint density at radius 1 is 1.14 bits per heavy atom. The van der Waals surface area contributed by atoms with Crippen molar-refractivity contribution < 1.29 is 0 Å². The van der Waals surface area contributed by atoms with Gasteiger partial charge >= 0.3 is 5.69 Å².